The summed E-state index contributed by atoms with van der Waals surface area (Å²) in [6, 6.07) is 4.90. The van der Waals surface area contributed by atoms with E-state index in [2.05, 4.69) is 27.5 Å². The second kappa shape index (κ2) is 8.69. The highest BCUT2D eigenvalue weighted by Crippen LogP contribution is 2.30. The molecule has 2 amide bonds. The number of carbonyl (C=O) groups is 1. The molecule has 2 fully saturated rings. The number of amides is 2. The number of likely N-dealkylation sites (tertiary alicyclic amines) is 2. The largest absolute Gasteiger partial charge is 0.416 e. The van der Waals surface area contributed by atoms with Gasteiger partial charge in [-0.15, -0.1) is 0 Å². The molecule has 0 radical (unpaired) electrons. The Balaban J connectivity index is 1.48. The molecule has 2 heterocycles. The fraction of sp³-hybridized carbons (Fsp3) is 0.650. The summed E-state index contributed by atoms with van der Waals surface area (Å²) >= 11 is 0. The predicted octanol–water partition coefficient (Wildman–Crippen LogP) is 3.23. The first kappa shape index (κ1) is 20.9. The van der Waals surface area contributed by atoms with E-state index in [0.29, 0.717) is 11.6 Å². The topological polar surface area (TPSA) is 47.6 Å². The van der Waals surface area contributed by atoms with E-state index in [4.69, 9.17) is 0 Å². The van der Waals surface area contributed by atoms with Gasteiger partial charge in [0.2, 0.25) is 0 Å². The summed E-state index contributed by atoms with van der Waals surface area (Å²) in [4.78, 5) is 17.1. The zero-order valence-corrected chi connectivity index (χ0v) is 16.4. The van der Waals surface area contributed by atoms with Crippen molar-refractivity contribution in [2.45, 2.75) is 50.5 Å². The molecule has 0 aromatic heterocycles. The highest BCUT2D eigenvalue weighted by Gasteiger charge is 2.32. The number of urea groups is 1. The summed E-state index contributed by atoms with van der Waals surface area (Å²) in [5, 5.41) is 5.74. The van der Waals surface area contributed by atoms with Crippen LogP contribution >= 0.6 is 0 Å². The van der Waals surface area contributed by atoms with Gasteiger partial charge in [-0.25, -0.2) is 4.79 Å². The highest BCUT2D eigenvalue weighted by molar-refractivity contribution is 5.74. The summed E-state index contributed by atoms with van der Waals surface area (Å²) in [6.45, 7) is 5.71. The maximum Gasteiger partial charge on any atom is 0.416 e. The number of rotatable bonds is 4. The molecule has 3 rings (SSSR count). The van der Waals surface area contributed by atoms with Gasteiger partial charge in [-0.3, -0.25) is 4.90 Å². The molecule has 1 aromatic carbocycles. The van der Waals surface area contributed by atoms with Crippen LogP contribution in [-0.4, -0.2) is 61.1 Å². The van der Waals surface area contributed by atoms with Crippen molar-refractivity contribution in [1.29, 1.82) is 0 Å². The first-order valence-electron chi connectivity index (χ1n) is 9.89. The monoisotopic (exact) mass is 398 g/mol. The third-order valence-corrected chi connectivity index (χ3v) is 5.82. The zero-order chi connectivity index (χ0) is 20.3. The molecule has 0 spiro atoms. The van der Waals surface area contributed by atoms with Crippen LogP contribution in [0, 0.1) is 0 Å². The molecule has 5 nitrogen and oxygen atoms in total. The van der Waals surface area contributed by atoms with Gasteiger partial charge in [0.15, 0.2) is 0 Å². The number of piperidine rings is 1. The van der Waals surface area contributed by atoms with Crippen LogP contribution in [0.15, 0.2) is 24.3 Å². The van der Waals surface area contributed by atoms with Gasteiger partial charge in [-0.05, 0) is 64.0 Å². The molecule has 2 aliphatic heterocycles. The summed E-state index contributed by atoms with van der Waals surface area (Å²) in [7, 11) is 2.14. The van der Waals surface area contributed by atoms with Crippen molar-refractivity contribution in [1.82, 2.24) is 20.4 Å². The minimum Gasteiger partial charge on any atom is -0.334 e. The molecule has 156 valence electrons. The lowest BCUT2D eigenvalue weighted by atomic mass is 10.0. The lowest BCUT2D eigenvalue weighted by molar-refractivity contribution is -0.137. The summed E-state index contributed by atoms with van der Waals surface area (Å²) in [5.41, 5.74) is -0.270. The van der Waals surface area contributed by atoms with Crippen LogP contribution in [0.4, 0.5) is 18.0 Å². The normalized spacial score (nSPS) is 23.5. The van der Waals surface area contributed by atoms with Crippen molar-refractivity contribution in [2.75, 3.05) is 33.2 Å². The molecule has 0 aliphatic carbocycles. The predicted molar refractivity (Wildman–Crippen MR) is 102 cm³/mol. The van der Waals surface area contributed by atoms with Crippen molar-refractivity contribution in [3.05, 3.63) is 35.4 Å². The first-order chi connectivity index (χ1) is 13.2. The standard InChI is InChI=1S/C20H29F3N4O/c1-14(15-4-3-5-16(12-15)20(21,22)23)24-19(28)25-17-6-11-27(13-17)18-7-9-26(2)10-8-18/h3-5,12,14,17-18H,6-11,13H2,1-2H3,(H2,24,25,28). The molecular weight excluding hydrogens is 369 g/mol. The number of carbonyl (C=O) groups excluding carboxylic acids is 1. The van der Waals surface area contributed by atoms with Crippen LogP contribution in [0.25, 0.3) is 0 Å². The van der Waals surface area contributed by atoms with Gasteiger partial charge in [-0.2, -0.15) is 13.2 Å². The Morgan fingerprint density at radius 3 is 2.57 bits per heavy atom. The average Bonchev–Trinajstić information content (AvgIpc) is 3.10. The molecular formula is C20H29F3N4O. The van der Waals surface area contributed by atoms with Gasteiger partial charge < -0.3 is 15.5 Å². The van der Waals surface area contributed by atoms with Crippen LogP contribution in [0.5, 0.6) is 0 Å². The maximum absolute atomic E-state index is 12.9. The van der Waals surface area contributed by atoms with E-state index >= 15 is 0 Å². The van der Waals surface area contributed by atoms with Crippen LogP contribution in [0.2, 0.25) is 0 Å². The van der Waals surface area contributed by atoms with E-state index in [9.17, 15) is 18.0 Å². The number of halogens is 3. The third-order valence-electron chi connectivity index (χ3n) is 5.82. The van der Waals surface area contributed by atoms with Crippen LogP contribution < -0.4 is 10.6 Å². The van der Waals surface area contributed by atoms with Gasteiger partial charge in [0, 0.05) is 25.2 Å². The smallest absolute Gasteiger partial charge is 0.334 e. The zero-order valence-electron chi connectivity index (χ0n) is 16.4. The van der Waals surface area contributed by atoms with Crippen LogP contribution in [0.3, 0.4) is 0 Å². The van der Waals surface area contributed by atoms with Crippen molar-refractivity contribution in [3.8, 4) is 0 Å². The van der Waals surface area contributed by atoms with Gasteiger partial charge in [0.05, 0.1) is 11.6 Å². The number of benzene rings is 1. The van der Waals surface area contributed by atoms with E-state index in [1.54, 1.807) is 13.0 Å². The second-order valence-electron chi connectivity index (χ2n) is 7.98. The summed E-state index contributed by atoms with van der Waals surface area (Å²) in [5.74, 6) is 0. The van der Waals surface area contributed by atoms with Gasteiger partial charge >= 0.3 is 12.2 Å². The quantitative estimate of drug-likeness (QED) is 0.819. The Kier molecular flexibility index (Phi) is 6.50. The molecule has 2 N–H and O–H groups in total. The molecule has 1 aromatic rings. The highest BCUT2D eigenvalue weighted by atomic mass is 19.4. The molecule has 0 bridgehead atoms. The number of alkyl halides is 3. The van der Waals surface area contributed by atoms with E-state index in [1.807, 2.05) is 0 Å². The fourth-order valence-electron chi connectivity index (χ4n) is 4.09. The molecule has 2 unspecified atom stereocenters. The second-order valence-corrected chi connectivity index (χ2v) is 7.98. The van der Waals surface area contributed by atoms with Crippen LogP contribution in [0.1, 0.15) is 43.4 Å². The minimum absolute atomic E-state index is 0.0772. The van der Waals surface area contributed by atoms with Crippen molar-refractivity contribution in [3.63, 3.8) is 0 Å². The minimum atomic E-state index is -4.39. The van der Waals surface area contributed by atoms with Crippen molar-refractivity contribution >= 4 is 6.03 Å². The number of hydrogen-bond donors (Lipinski definition) is 2. The fourth-order valence-corrected chi connectivity index (χ4v) is 4.09. The van der Waals surface area contributed by atoms with Gasteiger partial charge in [0.1, 0.15) is 0 Å². The third kappa shape index (κ3) is 5.38. The Morgan fingerprint density at radius 1 is 1.18 bits per heavy atom. The van der Waals surface area contributed by atoms with Crippen molar-refractivity contribution < 1.29 is 18.0 Å². The molecule has 2 saturated heterocycles. The lowest BCUT2D eigenvalue weighted by Gasteiger charge is -2.35. The van der Waals surface area contributed by atoms with E-state index < -0.39 is 17.8 Å². The van der Waals surface area contributed by atoms with Crippen molar-refractivity contribution in [2.24, 2.45) is 0 Å². The molecule has 2 aliphatic rings. The first-order valence-corrected chi connectivity index (χ1v) is 9.89. The summed E-state index contributed by atoms with van der Waals surface area (Å²) < 4.78 is 38.6. The van der Waals surface area contributed by atoms with Gasteiger partial charge in [0.25, 0.3) is 0 Å². The van der Waals surface area contributed by atoms with E-state index in [-0.39, 0.29) is 12.1 Å². The lowest BCUT2D eigenvalue weighted by Crippen LogP contribution is -2.46. The Bertz CT molecular complexity index is 674. The molecule has 2 atom stereocenters. The van der Waals surface area contributed by atoms with Gasteiger partial charge in [-0.1, -0.05) is 12.1 Å². The molecule has 8 heteroatoms. The number of hydrogen-bond acceptors (Lipinski definition) is 3. The maximum atomic E-state index is 12.9. The Hall–Kier alpha value is -1.80. The Morgan fingerprint density at radius 2 is 1.89 bits per heavy atom. The van der Waals surface area contributed by atoms with E-state index in [1.165, 1.54) is 6.07 Å². The summed E-state index contributed by atoms with van der Waals surface area (Å²) in [6.07, 6.45) is -1.18. The number of nitrogens with zero attached hydrogens (tertiary/aromatic N) is 2. The SMILES string of the molecule is CC(NC(=O)NC1CCN(C2CCN(C)CC2)C1)c1cccc(C(F)(F)F)c1. The average molecular weight is 398 g/mol. The van der Waals surface area contributed by atoms with Crippen LogP contribution in [-0.2, 0) is 6.18 Å². The molecule has 0 saturated carbocycles. The Labute approximate surface area is 164 Å². The van der Waals surface area contributed by atoms with E-state index in [0.717, 1.165) is 57.6 Å². The molecule has 28 heavy (non-hydrogen) atoms. The number of nitrogens with one attached hydrogen (secondary N) is 2.